The minimum Gasteiger partial charge on any atom is -0.462 e. The second-order valence-corrected chi connectivity index (χ2v) is 4.34. The molecule has 0 bridgehead atoms. The monoisotopic (exact) mass is 271 g/mol. The van der Waals surface area contributed by atoms with E-state index < -0.39 is 5.97 Å². The fraction of sp³-hybridized carbons (Fsp3) is 0.200. The lowest BCUT2D eigenvalue weighted by atomic mass is 10.2. The summed E-state index contributed by atoms with van der Waals surface area (Å²) in [4.78, 5) is 15.9. The number of ether oxygens (including phenoxy) is 1. The standard InChI is InChI=1S/C15H17N3O2/c1-3-20-15(19)12-7-8-17-14(13(12)16)18-11-6-4-5-10(2)9-11/h4-9H,3,16H2,1-2H3,(H,17,18). The van der Waals surface area contributed by atoms with E-state index in [-0.39, 0.29) is 5.69 Å². The molecule has 5 heteroatoms. The van der Waals surface area contributed by atoms with Crippen molar-refractivity contribution in [3.8, 4) is 0 Å². The average Bonchev–Trinajstić information content (AvgIpc) is 2.41. The van der Waals surface area contributed by atoms with Gasteiger partial charge in [0.1, 0.15) is 0 Å². The first-order valence-electron chi connectivity index (χ1n) is 6.37. The van der Waals surface area contributed by atoms with Crippen molar-refractivity contribution in [2.45, 2.75) is 13.8 Å². The number of nitrogens with zero attached hydrogens (tertiary/aromatic N) is 1. The topological polar surface area (TPSA) is 77.2 Å². The zero-order valence-electron chi connectivity index (χ0n) is 11.5. The van der Waals surface area contributed by atoms with E-state index in [2.05, 4.69) is 10.3 Å². The Morgan fingerprint density at radius 2 is 2.20 bits per heavy atom. The molecule has 0 atom stereocenters. The number of rotatable bonds is 4. The van der Waals surface area contributed by atoms with Crippen LogP contribution in [0.15, 0.2) is 36.5 Å². The fourth-order valence-electron chi connectivity index (χ4n) is 1.82. The summed E-state index contributed by atoms with van der Waals surface area (Å²) >= 11 is 0. The highest BCUT2D eigenvalue weighted by atomic mass is 16.5. The molecule has 1 heterocycles. The molecular formula is C15H17N3O2. The van der Waals surface area contributed by atoms with Crippen molar-refractivity contribution in [3.05, 3.63) is 47.7 Å². The quantitative estimate of drug-likeness (QED) is 0.836. The van der Waals surface area contributed by atoms with E-state index in [1.165, 1.54) is 6.20 Å². The zero-order chi connectivity index (χ0) is 14.5. The third-order valence-electron chi connectivity index (χ3n) is 2.77. The van der Waals surface area contributed by atoms with Crippen LogP contribution >= 0.6 is 0 Å². The molecule has 2 rings (SSSR count). The molecular weight excluding hydrogens is 254 g/mol. The van der Waals surface area contributed by atoms with Crippen LogP contribution in [0.2, 0.25) is 0 Å². The highest BCUT2D eigenvalue weighted by Crippen LogP contribution is 2.24. The highest BCUT2D eigenvalue weighted by molar-refractivity contribution is 5.98. The van der Waals surface area contributed by atoms with Gasteiger partial charge in [-0.1, -0.05) is 12.1 Å². The first kappa shape index (κ1) is 13.9. The van der Waals surface area contributed by atoms with Crippen molar-refractivity contribution in [3.63, 3.8) is 0 Å². The molecule has 0 saturated heterocycles. The van der Waals surface area contributed by atoms with Crippen molar-refractivity contribution in [1.29, 1.82) is 0 Å². The number of aromatic nitrogens is 1. The van der Waals surface area contributed by atoms with E-state index >= 15 is 0 Å². The number of esters is 1. The van der Waals surface area contributed by atoms with E-state index in [0.29, 0.717) is 18.0 Å². The minimum atomic E-state index is -0.445. The smallest absolute Gasteiger partial charge is 0.340 e. The molecule has 1 aromatic heterocycles. The summed E-state index contributed by atoms with van der Waals surface area (Å²) in [6.07, 6.45) is 1.53. The van der Waals surface area contributed by atoms with Gasteiger partial charge in [0.2, 0.25) is 0 Å². The van der Waals surface area contributed by atoms with Gasteiger partial charge in [-0.15, -0.1) is 0 Å². The Bertz CT molecular complexity index is 626. The van der Waals surface area contributed by atoms with Gasteiger partial charge in [0.05, 0.1) is 17.9 Å². The van der Waals surface area contributed by atoms with Crippen LogP contribution in [-0.4, -0.2) is 17.6 Å². The summed E-state index contributed by atoms with van der Waals surface area (Å²) in [5.41, 5.74) is 8.56. The molecule has 0 unspecified atom stereocenters. The Balaban J connectivity index is 2.29. The van der Waals surface area contributed by atoms with Gasteiger partial charge in [-0.25, -0.2) is 9.78 Å². The molecule has 20 heavy (non-hydrogen) atoms. The van der Waals surface area contributed by atoms with Crippen LogP contribution in [-0.2, 0) is 4.74 Å². The molecule has 0 spiro atoms. The molecule has 0 amide bonds. The second kappa shape index (κ2) is 6.06. The summed E-state index contributed by atoms with van der Waals surface area (Å²) in [6.45, 7) is 4.05. The number of carbonyl (C=O) groups is 1. The number of hydrogen-bond donors (Lipinski definition) is 2. The number of nitrogens with one attached hydrogen (secondary N) is 1. The fourth-order valence-corrected chi connectivity index (χ4v) is 1.82. The van der Waals surface area contributed by atoms with Gasteiger partial charge in [-0.05, 0) is 37.6 Å². The van der Waals surface area contributed by atoms with Crippen molar-refractivity contribution >= 4 is 23.2 Å². The molecule has 1 aromatic carbocycles. The Morgan fingerprint density at radius 1 is 1.40 bits per heavy atom. The molecule has 104 valence electrons. The first-order chi connectivity index (χ1) is 9.61. The molecule has 0 radical (unpaired) electrons. The van der Waals surface area contributed by atoms with Crippen LogP contribution in [0.5, 0.6) is 0 Å². The van der Waals surface area contributed by atoms with Gasteiger partial charge in [0.15, 0.2) is 5.82 Å². The maximum atomic E-state index is 11.8. The van der Waals surface area contributed by atoms with Gasteiger partial charge < -0.3 is 15.8 Å². The molecule has 0 aliphatic carbocycles. The van der Waals surface area contributed by atoms with E-state index in [0.717, 1.165) is 11.3 Å². The van der Waals surface area contributed by atoms with Crippen LogP contribution in [0.1, 0.15) is 22.8 Å². The maximum Gasteiger partial charge on any atom is 0.340 e. The summed E-state index contributed by atoms with van der Waals surface area (Å²) < 4.78 is 4.96. The number of pyridine rings is 1. The number of hydrogen-bond acceptors (Lipinski definition) is 5. The molecule has 3 N–H and O–H groups in total. The average molecular weight is 271 g/mol. The van der Waals surface area contributed by atoms with Gasteiger partial charge in [-0.2, -0.15) is 0 Å². The van der Waals surface area contributed by atoms with Gasteiger partial charge in [-0.3, -0.25) is 0 Å². The molecule has 5 nitrogen and oxygen atoms in total. The van der Waals surface area contributed by atoms with Crippen molar-refractivity contribution < 1.29 is 9.53 Å². The van der Waals surface area contributed by atoms with Gasteiger partial charge >= 0.3 is 5.97 Å². The summed E-state index contributed by atoms with van der Waals surface area (Å²) in [6, 6.07) is 9.36. The molecule has 0 aliphatic heterocycles. The van der Waals surface area contributed by atoms with Crippen molar-refractivity contribution in [1.82, 2.24) is 4.98 Å². The van der Waals surface area contributed by atoms with E-state index in [9.17, 15) is 4.79 Å². The predicted molar refractivity (Wildman–Crippen MR) is 79.1 cm³/mol. The number of aryl methyl sites for hydroxylation is 1. The molecule has 0 fully saturated rings. The number of nitrogens with two attached hydrogens (primary N) is 1. The normalized spacial score (nSPS) is 10.1. The summed E-state index contributed by atoms with van der Waals surface area (Å²) in [5, 5.41) is 3.11. The van der Waals surface area contributed by atoms with Crippen LogP contribution in [0, 0.1) is 6.92 Å². The van der Waals surface area contributed by atoms with Crippen molar-refractivity contribution in [2.24, 2.45) is 0 Å². The Hall–Kier alpha value is -2.56. The Labute approximate surface area is 117 Å². The summed E-state index contributed by atoms with van der Waals surface area (Å²) in [7, 11) is 0. The number of benzene rings is 1. The lowest BCUT2D eigenvalue weighted by molar-refractivity contribution is 0.0527. The van der Waals surface area contributed by atoms with Crippen LogP contribution in [0.4, 0.5) is 17.2 Å². The lowest BCUT2D eigenvalue weighted by Crippen LogP contribution is -2.10. The van der Waals surface area contributed by atoms with Crippen LogP contribution in [0.3, 0.4) is 0 Å². The highest BCUT2D eigenvalue weighted by Gasteiger charge is 2.14. The van der Waals surface area contributed by atoms with E-state index in [1.807, 2.05) is 31.2 Å². The Morgan fingerprint density at radius 3 is 2.90 bits per heavy atom. The van der Waals surface area contributed by atoms with Crippen LogP contribution < -0.4 is 11.1 Å². The third kappa shape index (κ3) is 3.06. The third-order valence-corrected chi connectivity index (χ3v) is 2.77. The van der Waals surface area contributed by atoms with Crippen LogP contribution in [0.25, 0.3) is 0 Å². The Kier molecular flexibility index (Phi) is 4.20. The predicted octanol–water partition coefficient (Wildman–Crippen LogP) is 2.89. The number of anilines is 3. The minimum absolute atomic E-state index is 0.285. The molecule has 2 aromatic rings. The number of carbonyl (C=O) groups excluding carboxylic acids is 1. The van der Waals surface area contributed by atoms with Crippen molar-refractivity contribution in [2.75, 3.05) is 17.7 Å². The van der Waals surface area contributed by atoms with E-state index in [4.69, 9.17) is 10.5 Å². The second-order valence-electron chi connectivity index (χ2n) is 4.34. The number of nitrogen functional groups attached to an aromatic ring is 1. The zero-order valence-corrected chi connectivity index (χ0v) is 11.5. The maximum absolute atomic E-state index is 11.8. The molecule has 0 aliphatic rings. The van der Waals surface area contributed by atoms with E-state index in [1.54, 1.807) is 13.0 Å². The van der Waals surface area contributed by atoms with Gasteiger partial charge in [0.25, 0.3) is 0 Å². The first-order valence-corrected chi connectivity index (χ1v) is 6.37. The lowest BCUT2D eigenvalue weighted by Gasteiger charge is -2.11. The SMILES string of the molecule is CCOC(=O)c1ccnc(Nc2cccc(C)c2)c1N. The largest absolute Gasteiger partial charge is 0.462 e. The molecule has 0 saturated carbocycles. The van der Waals surface area contributed by atoms with Gasteiger partial charge in [0, 0.05) is 11.9 Å². The summed E-state index contributed by atoms with van der Waals surface area (Å²) in [5.74, 6) is 0.000783.